The van der Waals surface area contributed by atoms with Gasteiger partial charge in [-0.05, 0) is 50.6 Å². The van der Waals surface area contributed by atoms with E-state index in [9.17, 15) is 18.0 Å². The summed E-state index contributed by atoms with van der Waals surface area (Å²) in [6.07, 6.45) is -2.61. The fourth-order valence-corrected chi connectivity index (χ4v) is 3.33. The maximum absolute atomic E-state index is 13.3. The number of aromatic nitrogens is 1. The lowest BCUT2D eigenvalue weighted by molar-refractivity contribution is -0.136. The highest BCUT2D eigenvalue weighted by Crippen LogP contribution is 2.34. The predicted molar refractivity (Wildman–Crippen MR) is 116 cm³/mol. The van der Waals surface area contributed by atoms with Gasteiger partial charge in [0.2, 0.25) is 0 Å². The first-order valence-corrected chi connectivity index (χ1v) is 10.1. The quantitative estimate of drug-likeness (QED) is 0.490. The van der Waals surface area contributed by atoms with Crippen LogP contribution in [0, 0.1) is 6.92 Å². The van der Waals surface area contributed by atoms with Crippen LogP contribution in [-0.4, -0.2) is 21.5 Å². The monoisotopic (exact) mass is 429 g/mol. The van der Waals surface area contributed by atoms with Crippen molar-refractivity contribution in [3.05, 3.63) is 89.2 Å². The molecule has 0 aliphatic heterocycles. The van der Waals surface area contributed by atoms with Crippen LogP contribution in [0.1, 0.15) is 36.2 Å². The smallest absolute Gasteiger partial charge is 0.345 e. The zero-order valence-electron chi connectivity index (χ0n) is 17.8. The molecular weight excluding hydrogens is 403 g/mol. The molecule has 0 unspecified atom stereocenters. The van der Waals surface area contributed by atoms with Crippen molar-refractivity contribution in [2.24, 2.45) is 0 Å². The van der Waals surface area contributed by atoms with E-state index in [1.165, 1.54) is 28.7 Å². The molecular formula is C24H26F3N3O. The van der Waals surface area contributed by atoms with Crippen molar-refractivity contribution >= 4 is 11.7 Å². The minimum absolute atomic E-state index is 0.208. The number of hydrogen-bond donors (Lipinski definition) is 1. The summed E-state index contributed by atoms with van der Waals surface area (Å²) in [5, 5.41) is 2.44. The third-order valence-corrected chi connectivity index (χ3v) is 5.09. The number of aryl methyl sites for hydroxylation is 1. The van der Waals surface area contributed by atoms with Gasteiger partial charge in [0.15, 0.2) is 0 Å². The highest BCUT2D eigenvalue weighted by atomic mass is 19.4. The largest absolute Gasteiger partial charge is 0.418 e. The standard InChI is InChI=1S/C24H26F3N3O/c1-17(2)30(23(31)28-22-9-5-4-8-21(22)24(25,26)27)16-20-7-6-14-29(20)15-19-12-10-18(3)11-13-19/h4-14,17H,15-16H2,1-3H3,(H,28,31). The van der Waals surface area contributed by atoms with Crippen LogP contribution >= 0.6 is 0 Å². The van der Waals surface area contributed by atoms with E-state index in [4.69, 9.17) is 0 Å². The van der Waals surface area contributed by atoms with E-state index in [1.807, 2.05) is 55.8 Å². The number of benzene rings is 2. The summed E-state index contributed by atoms with van der Waals surface area (Å²) in [5.74, 6) is 0. The van der Waals surface area contributed by atoms with Crippen LogP contribution in [0.15, 0.2) is 66.9 Å². The molecule has 1 N–H and O–H groups in total. The van der Waals surface area contributed by atoms with Crippen LogP contribution in [0.5, 0.6) is 0 Å². The Kier molecular flexibility index (Phi) is 6.73. The van der Waals surface area contributed by atoms with E-state index in [1.54, 1.807) is 0 Å². The van der Waals surface area contributed by atoms with Crippen LogP contribution in [0.4, 0.5) is 23.7 Å². The zero-order valence-corrected chi connectivity index (χ0v) is 17.8. The molecule has 31 heavy (non-hydrogen) atoms. The number of hydrogen-bond acceptors (Lipinski definition) is 1. The van der Waals surface area contributed by atoms with Crippen molar-refractivity contribution in [3.63, 3.8) is 0 Å². The Morgan fingerprint density at radius 1 is 1.03 bits per heavy atom. The summed E-state index contributed by atoms with van der Waals surface area (Å²) >= 11 is 0. The second-order valence-electron chi connectivity index (χ2n) is 7.81. The molecule has 0 atom stereocenters. The lowest BCUT2D eigenvalue weighted by Gasteiger charge is -2.28. The molecule has 2 amide bonds. The Morgan fingerprint density at radius 2 is 1.71 bits per heavy atom. The van der Waals surface area contributed by atoms with Crippen LogP contribution < -0.4 is 5.32 Å². The van der Waals surface area contributed by atoms with Crippen LogP contribution in [0.25, 0.3) is 0 Å². The van der Waals surface area contributed by atoms with Gasteiger partial charge in [-0.3, -0.25) is 0 Å². The third kappa shape index (κ3) is 5.69. The molecule has 164 valence electrons. The van der Waals surface area contributed by atoms with Crippen molar-refractivity contribution in [1.29, 1.82) is 0 Å². The second-order valence-corrected chi connectivity index (χ2v) is 7.81. The molecule has 4 nitrogen and oxygen atoms in total. The number of nitrogens with one attached hydrogen (secondary N) is 1. The Labute approximate surface area is 180 Å². The van der Waals surface area contributed by atoms with Crippen molar-refractivity contribution in [2.45, 2.75) is 46.1 Å². The molecule has 0 aliphatic rings. The van der Waals surface area contributed by atoms with Crippen molar-refractivity contribution in [1.82, 2.24) is 9.47 Å². The predicted octanol–water partition coefficient (Wildman–Crippen LogP) is 6.31. The van der Waals surface area contributed by atoms with E-state index in [2.05, 4.69) is 17.4 Å². The number of halogens is 3. The molecule has 0 fully saturated rings. The normalized spacial score (nSPS) is 11.6. The van der Waals surface area contributed by atoms with Gasteiger partial charge in [-0.15, -0.1) is 0 Å². The summed E-state index contributed by atoms with van der Waals surface area (Å²) in [6.45, 7) is 6.62. The Bertz CT molecular complexity index is 1020. The molecule has 0 bridgehead atoms. The number of rotatable bonds is 6. The van der Waals surface area contributed by atoms with E-state index in [0.29, 0.717) is 6.54 Å². The molecule has 0 spiro atoms. The van der Waals surface area contributed by atoms with Gasteiger partial charge in [0, 0.05) is 24.5 Å². The molecule has 0 radical (unpaired) electrons. The van der Waals surface area contributed by atoms with Crippen molar-refractivity contribution in [3.8, 4) is 0 Å². The van der Waals surface area contributed by atoms with Gasteiger partial charge in [0.1, 0.15) is 0 Å². The fourth-order valence-electron chi connectivity index (χ4n) is 3.33. The number of carbonyl (C=O) groups is 1. The fraction of sp³-hybridized carbons (Fsp3) is 0.292. The van der Waals surface area contributed by atoms with Gasteiger partial charge in [0.25, 0.3) is 0 Å². The molecule has 3 aromatic rings. The number of amides is 2. The third-order valence-electron chi connectivity index (χ3n) is 5.09. The highest BCUT2D eigenvalue weighted by molar-refractivity contribution is 5.90. The van der Waals surface area contributed by atoms with Crippen LogP contribution in [0.2, 0.25) is 0 Å². The first-order chi connectivity index (χ1) is 14.6. The summed E-state index contributed by atoms with van der Waals surface area (Å²) in [4.78, 5) is 14.4. The topological polar surface area (TPSA) is 37.3 Å². The maximum Gasteiger partial charge on any atom is 0.418 e. The summed E-state index contributed by atoms with van der Waals surface area (Å²) in [5.41, 5.74) is 2.09. The molecule has 1 heterocycles. The van der Waals surface area contributed by atoms with Gasteiger partial charge in [-0.25, -0.2) is 4.79 Å². The van der Waals surface area contributed by atoms with Crippen LogP contribution in [0.3, 0.4) is 0 Å². The molecule has 0 saturated carbocycles. The first kappa shape index (κ1) is 22.5. The SMILES string of the molecule is Cc1ccc(Cn2cccc2CN(C(=O)Nc2ccccc2C(F)(F)F)C(C)C)cc1. The number of alkyl halides is 3. The van der Waals surface area contributed by atoms with Gasteiger partial charge < -0.3 is 14.8 Å². The summed E-state index contributed by atoms with van der Waals surface area (Å²) < 4.78 is 41.9. The Morgan fingerprint density at radius 3 is 2.35 bits per heavy atom. The van der Waals surface area contributed by atoms with Gasteiger partial charge in [0.05, 0.1) is 17.8 Å². The first-order valence-electron chi connectivity index (χ1n) is 10.1. The number of nitrogens with zero attached hydrogens (tertiary/aromatic N) is 2. The summed E-state index contributed by atoms with van der Waals surface area (Å²) in [7, 11) is 0. The number of para-hydroxylation sites is 1. The van der Waals surface area contributed by atoms with Gasteiger partial charge in [-0.1, -0.05) is 42.0 Å². The van der Waals surface area contributed by atoms with Crippen LogP contribution in [-0.2, 0) is 19.3 Å². The molecule has 7 heteroatoms. The molecule has 1 aromatic heterocycles. The summed E-state index contributed by atoms with van der Waals surface area (Å²) in [6, 6.07) is 16.2. The molecule has 3 rings (SSSR count). The second kappa shape index (κ2) is 9.29. The zero-order chi connectivity index (χ0) is 22.6. The number of carbonyl (C=O) groups excluding carboxylic acids is 1. The minimum atomic E-state index is -4.55. The average Bonchev–Trinajstić information content (AvgIpc) is 3.14. The molecule has 0 saturated heterocycles. The van der Waals surface area contributed by atoms with E-state index in [-0.39, 0.29) is 18.3 Å². The average molecular weight is 429 g/mol. The highest BCUT2D eigenvalue weighted by Gasteiger charge is 2.34. The molecule has 0 aliphatic carbocycles. The van der Waals surface area contributed by atoms with Crippen molar-refractivity contribution in [2.75, 3.05) is 5.32 Å². The lowest BCUT2D eigenvalue weighted by Crippen LogP contribution is -2.40. The van der Waals surface area contributed by atoms with E-state index >= 15 is 0 Å². The minimum Gasteiger partial charge on any atom is -0.345 e. The Balaban J connectivity index is 1.78. The number of urea groups is 1. The molecule has 2 aromatic carbocycles. The van der Waals surface area contributed by atoms with E-state index < -0.39 is 17.8 Å². The van der Waals surface area contributed by atoms with E-state index in [0.717, 1.165) is 17.3 Å². The maximum atomic E-state index is 13.3. The lowest BCUT2D eigenvalue weighted by atomic mass is 10.1. The van der Waals surface area contributed by atoms with Gasteiger partial charge >= 0.3 is 12.2 Å². The number of anilines is 1. The Hall–Kier alpha value is -3.22. The van der Waals surface area contributed by atoms with Crippen molar-refractivity contribution < 1.29 is 18.0 Å². The van der Waals surface area contributed by atoms with Gasteiger partial charge in [-0.2, -0.15) is 13.2 Å².